The van der Waals surface area contributed by atoms with Gasteiger partial charge in [0.1, 0.15) is 0 Å². The number of hydrogen-bond acceptors (Lipinski definition) is 4. The van der Waals surface area contributed by atoms with Crippen molar-refractivity contribution in [3.63, 3.8) is 0 Å². The van der Waals surface area contributed by atoms with Crippen LogP contribution < -0.4 is 0 Å². The van der Waals surface area contributed by atoms with E-state index in [-0.39, 0.29) is 17.7 Å². The number of para-hydroxylation sites is 1. The molecule has 5 heterocycles. The third-order valence-electron chi connectivity index (χ3n) is 11.6. The molecule has 232 valence electrons. The third kappa shape index (κ3) is 4.05. The number of benzene rings is 2. The number of likely N-dealkylation sites (tertiary alicyclic amines) is 2. The smallest absolute Gasteiger partial charge is 0.254 e. The first kappa shape index (κ1) is 27.0. The lowest BCUT2D eigenvalue weighted by Crippen LogP contribution is -2.53. The van der Waals surface area contributed by atoms with E-state index in [9.17, 15) is 9.59 Å². The number of hydrogen-bond donors (Lipinski definition) is 0. The number of nitrogens with zero attached hydrogens (tertiary/aromatic N) is 6. The molecule has 8 nitrogen and oxygen atoms in total. The van der Waals surface area contributed by atoms with E-state index in [2.05, 4.69) is 49.3 Å². The first-order chi connectivity index (χ1) is 22.5. The quantitative estimate of drug-likeness (QED) is 0.209. The summed E-state index contributed by atoms with van der Waals surface area (Å²) < 4.78 is 4.69. The number of fused-ring (bicyclic) bond motifs is 2. The number of imidazole rings is 1. The second-order valence-electron chi connectivity index (χ2n) is 14.4. The van der Waals surface area contributed by atoms with E-state index in [0.29, 0.717) is 53.7 Å². The summed E-state index contributed by atoms with van der Waals surface area (Å²) in [7, 11) is 0. The fourth-order valence-electron chi connectivity index (χ4n) is 9.02. The van der Waals surface area contributed by atoms with Crippen molar-refractivity contribution < 1.29 is 9.59 Å². The summed E-state index contributed by atoms with van der Waals surface area (Å²) in [6, 6.07) is 18.6. The number of carbonyl (C=O) groups excluding carboxylic acids is 2. The van der Waals surface area contributed by atoms with Gasteiger partial charge in [0.15, 0.2) is 5.82 Å². The summed E-state index contributed by atoms with van der Waals surface area (Å²) in [5.41, 5.74) is 5.21. The Hall–Kier alpha value is -4.17. The highest BCUT2D eigenvalue weighted by Gasteiger charge is 2.61. The summed E-state index contributed by atoms with van der Waals surface area (Å²) >= 11 is 7.14. The number of carbonyl (C=O) groups is 2. The second-order valence-corrected chi connectivity index (χ2v) is 14.8. The average Bonchev–Trinajstić information content (AvgIpc) is 3.68. The van der Waals surface area contributed by atoms with Crippen molar-refractivity contribution in [2.45, 2.75) is 44.8 Å². The van der Waals surface area contributed by atoms with Gasteiger partial charge in [0.05, 0.1) is 21.7 Å². The van der Waals surface area contributed by atoms with Crippen molar-refractivity contribution in [3.8, 4) is 11.5 Å². The van der Waals surface area contributed by atoms with E-state index in [4.69, 9.17) is 16.6 Å². The maximum absolute atomic E-state index is 13.9. The Kier molecular flexibility index (Phi) is 5.82. The Morgan fingerprint density at radius 3 is 2.41 bits per heavy atom. The standard InChI is InChI=1S/C37H35ClN6O2/c38-28-12-26(37(46)43-20-27-11-25-15-31(43)33(25)27)13-29-34(28)44(19-22-16-41(17-22)36(45)23-7-9-39-10-8-23)35(40-29)32-14-24-3-1-2-4-30(24)42(32)18-21-5-6-21/h1-4,7-10,12-14,21-22,25,27,31,33H,5-6,11,15-20H2/t25?,27?,31?,33-/m1/s1. The molecule has 2 aliphatic heterocycles. The van der Waals surface area contributed by atoms with Gasteiger partial charge in [-0.15, -0.1) is 0 Å². The van der Waals surface area contributed by atoms with Crippen LogP contribution in [0.25, 0.3) is 33.5 Å². The van der Waals surface area contributed by atoms with Crippen LogP contribution in [-0.2, 0) is 13.1 Å². The molecule has 3 unspecified atom stereocenters. The van der Waals surface area contributed by atoms with E-state index in [1.807, 2.05) is 17.0 Å². The van der Waals surface area contributed by atoms with Gasteiger partial charge in [-0.2, -0.15) is 0 Å². The first-order valence-corrected chi connectivity index (χ1v) is 17.2. The van der Waals surface area contributed by atoms with E-state index >= 15 is 0 Å². The van der Waals surface area contributed by atoms with E-state index in [1.54, 1.807) is 24.5 Å². The zero-order valence-electron chi connectivity index (χ0n) is 25.6. The average molecular weight is 631 g/mol. The number of pyridine rings is 1. The summed E-state index contributed by atoms with van der Waals surface area (Å²) in [6.07, 6.45) is 8.25. The Morgan fingerprint density at radius 2 is 1.63 bits per heavy atom. The maximum Gasteiger partial charge on any atom is 0.254 e. The summed E-state index contributed by atoms with van der Waals surface area (Å²) in [5, 5.41) is 1.75. The van der Waals surface area contributed by atoms with Gasteiger partial charge >= 0.3 is 0 Å². The summed E-state index contributed by atoms with van der Waals surface area (Å²) in [4.78, 5) is 40.3. The normalized spacial score (nSPS) is 25.0. The van der Waals surface area contributed by atoms with Crippen LogP contribution in [0.2, 0.25) is 5.02 Å². The van der Waals surface area contributed by atoms with Crippen LogP contribution in [0.5, 0.6) is 0 Å². The monoisotopic (exact) mass is 630 g/mol. The molecule has 5 fully saturated rings. The van der Waals surface area contributed by atoms with Gasteiger partial charge in [0, 0.05) is 79.1 Å². The Morgan fingerprint density at radius 1 is 0.826 bits per heavy atom. The van der Waals surface area contributed by atoms with Gasteiger partial charge in [-0.05, 0) is 85.8 Å². The van der Waals surface area contributed by atoms with Gasteiger partial charge < -0.3 is 18.9 Å². The molecule has 5 aliphatic rings. The molecule has 2 saturated heterocycles. The topological polar surface area (TPSA) is 76.3 Å². The molecule has 2 amide bonds. The minimum atomic E-state index is 0.0354. The molecule has 0 radical (unpaired) electrons. The Labute approximate surface area is 272 Å². The molecule has 46 heavy (non-hydrogen) atoms. The minimum absolute atomic E-state index is 0.0354. The molecule has 0 bridgehead atoms. The van der Waals surface area contributed by atoms with Crippen molar-refractivity contribution in [1.29, 1.82) is 0 Å². The number of aromatic nitrogens is 4. The molecular formula is C37H35ClN6O2. The fraction of sp³-hybridized carbons (Fsp3) is 0.405. The van der Waals surface area contributed by atoms with Crippen LogP contribution in [-0.4, -0.2) is 66.4 Å². The summed E-state index contributed by atoms with van der Waals surface area (Å²) in [6.45, 7) is 3.85. The number of rotatable bonds is 7. The van der Waals surface area contributed by atoms with Crippen LogP contribution >= 0.6 is 11.6 Å². The lowest BCUT2D eigenvalue weighted by molar-refractivity contribution is -0.0204. The highest BCUT2D eigenvalue weighted by Crippen LogP contribution is 2.60. The lowest BCUT2D eigenvalue weighted by Gasteiger charge is -2.52. The Balaban J connectivity index is 1.04. The molecule has 3 saturated carbocycles. The van der Waals surface area contributed by atoms with Crippen molar-refractivity contribution >= 4 is 45.4 Å². The van der Waals surface area contributed by atoms with Gasteiger partial charge in [0.2, 0.25) is 0 Å². The van der Waals surface area contributed by atoms with Gasteiger partial charge in [-0.1, -0.05) is 29.8 Å². The SMILES string of the molecule is O=C(c1ccncc1)N1CC(Cn2c(-c3cc4ccccc4n3CC3CC3)nc3cc(C(=O)N4CC5CC6CC4[C@H]65)cc(Cl)c32)C1. The van der Waals surface area contributed by atoms with Crippen LogP contribution in [0.15, 0.2) is 67.0 Å². The van der Waals surface area contributed by atoms with Gasteiger partial charge in [0.25, 0.3) is 11.8 Å². The summed E-state index contributed by atoms with van der Waals surface area (Å²) in [5.74, 6) is 4.17. The van der Waals surface area contributed by atoms with E-state index in [0.717, 1.165) is 53.9 Å². The van der Waals surface area contributed by atoms with Gasteiger partial charge in [-0.25, -0.2) is 4.98 Å². The molecule has 3 aliphatic carbocycles. The molecule has 9 heteroatoms. The Bertz CT molecular complexity index is 2060. The van der Waals surface area contributed by atoms with Gasteiger partial charge in [-0.3, -0.25) is 14.6 Å². The third-order valence-corrected chi connectivity index (χ3v) is 11.9. The molecule has 4 atom stereocenters. The minimum Gasteiger partial charge on any atom is -0.338 e. The van der Waals surface area contributed by atoms with Crippen molar-refractivity contribution in [3.05, 3.63) is 83.1 Å². The van der Waals surface area contributed by atoms with Crippen LogP contribution in [0.1, 0.15) is 46.4 Å². The molecule has 0 N–H and O–H groups in total. The van der Waals surface area contributed by atoms with E-state index < -0.39 is 0 Å². The molecule has 2 aromatic carbocycles. The molecule has 3 aromatic heterocycles. The fourth-order valence-corrected chi connectivity index (χ4v) is 9.33. The van der Waals surface area contributed by atoms with Crippen LogP contribution in [0.3, 0.4) is 0 Å². The molecule has 5 aromatic rings. The van der Waals surface area contributed by atoms with Crippen molar-refractivity contribution in [1.82, 2.24) is 28.9 Å². The largest absolute Gasteiger partial charge is 0.338 e. The zero-order chi connectivity index (χ0) is 30.7. The molecule has 10 rings (SSSR count). The number of amides is 2. The highest BCUT2D eigenvalue weighted by molar-refractivity contribution is 6.35. The molecular weight excluding hydrogens is 596 g/mol. The number of halogens is 1. The zero-order valence-corrected chi connectivity index (χ0v) is 26.3. The maximum atomic E-state index is 13.9. The first-order valence-electron chi connectivity index (χ1n) is 16.8. The van der Waals surface area contributed by atoms with E-state index in [1.165, 1.54) is 30.2 Å². The lowest BCUT2D eigenvalue weighted by atomic mass is 9.53. The van der Waals surface area contributed by atoms with Crippen molar-refractivity contribution in [2.75, 3.05) is 19.6 Å². The van der Waals surface area contributed by atoms with Crippen LogP contribution in [0, 0.1) is 29.6 Å². The highest BCUT2D eigenvalue weighted by atomic mass is 35.5. The van der Waals surface area contributed by atoms with Crippen LogP contribution in [0.4, 0.5) is 0 Å². The predicted molar refractivity (Wildman–Crippen MR) is 177 cm³/mol. The van der Waals surface area contributed by atoms with Crippen molar-refractivity contribution in [2.24, 2.45) is 29.6 Å². The predicted octanol–water partition coefficient (Wildman–Crippen LogP) is 6.37. The molecule has 0 spiro atoms. The second kappa shape index (κ2) is 9.91.